The molecular formula is C22H26N4O3. The van der Waals surface area contributed by atoms with Crippen molar-refractivity contribution in [1.29, 1.82) is 0 Å². The Hall–Kier alpha value is -3.32. The third kappa shape index (κ3) is 4.41. The van der Waals surface area contributed by atoms with Crippen molar-refractivity contribution >= 4 is 5.91 Å². The van der Waals surface area contributed by atoms with Crippen LogP contribution < -0.4 is 14.8 Å². The highest BCUT2D eigenvalue weighted by molar-refractivity contribution is 6.00. The maximum atomic E-state index is 13.2. The number of methoxy groups -OCH3 is 2. The number of carbonyl (C=O) groups excluding carboxylic acids is 1. The van der Waals surface area contributed by atoms with E-state index in [2.05, 4.69) is 5.32 Å². The number of aromatic nitrogens is 2. The van der Waals surface area contributed by atoms with Gasteiger partial charge in [0.2, 0.25) is 0 Å². The molecular weight excluding hydrogens is 368 g/mol. The summed E-state index contributed by atoms with van der Waals surface area (Å²) in [6.45, 7) is 1.29. The van der Waals surface area contributed by atoms with E-state index in [-0.39, 0.29) is 5.91 Å². The van der Waals surface area contributed by atoms with E-state index in [9.17, 15) is 4.79 Å². The highest BCUT2D eigenvalue weighted by atomic mass is 16.5. The van der Waals surface area contributed by atoms with Crippen molar-refractivity contribution in [3.8, 4) is 28.4 Å². The quantitative estimate of drug-likeness (QED) is 0.636. The molecule has 0 saturated heterocycles. The number of benzene rings is 2. The molecule has 0 aliphatic heterocycles. The van der Waals surface area contributed by atoms with E-state index in [1.807, 2.05) is 49.5 Å². The van der Waals surface area contributed by atoms with Gasteiger partial charge in [0.25, 0.3) is 5.91 Å². The van der Waals surface area contributed by atoms with Crippen LogP contribution in [0.4, 0.5) is 0 Å². The van der Waals surface area contributed by atoms with Gasteiger partial charge in [0.15, 0.2) is 0 Å². The lowest BCUT2D eigenvalue weighted by molar-refractivity contribution is 0.0797. The van der Waals surface area contributed by atoms with E-state index in [4.69, 9.17) is 14.6 Å². The van der Waals surface area contributed by atoms with Crippen molar-refractivity contribution in [3.05, 3.63) is 60.3 Å². The molecule has 0 saturated carbocycles. The first-order chi connectivity index (χ1) is 14.1. The second-order valence-electron chi connectivity index (χ2n) is 6.57. The summed E-state index contributed by atoms with van der Waals surface area (Å²) in [5, 5.41) is 7.80. The molecule has 1 N–H and O–H groups in total. The normalized spacial score (nSPS) is 10.6. The van der Waals surface area contributed by atoms with E-state index in [0.717, 1.165) is 11.3 Å². The van der Waals surface area contributed by atoms with Crippen molar-refractivity contribution in [1.82, 2.24) is 20.0 Å². The molecule has 0 spiro atoms. The fourth-order valence-corrected chi connectivity index (χ4v) is 3.02. The van der Waals surface area contributed by atoms with Crippen LogP contribution in [-0.4, -0.2) is 62.0 Å². The Bertz CT molecular complexity index is 969. The van der Waals surface area contributed by atoms with E-state index in [1.54, 1.807) is 43.1 Å². The molecule has 3 rings (SSSR count). The summed E-state index contributed by atoms with van der Waals surface area (Å²) in [6, 6.07) is 15.2. The number of para-hydroxylation sites is 1. The van der Waals surface area contributed by atoms with Crippen LogP contribution in [0.15, 0.2) is 54.7 Å². The minimum Gasteiger partial charge on any atom is -0.497 e. The first-order valence-electron chi connectivity index (χ1n) is 9.36. The largest absolute Gasteiger partial charge is 0.497 e. The second kappa shape index (κ2) is 9.25. The van der Waals surface area contributed by atoms with Gasteiger partial charge in [0, 0.05) is 38.0 Å². The zero-order chi connectivity index (χ0) is 20.8. The van der Waals surface area contributed by atoms with Gasteiger partial charge in [-0.25, -0.2) is 4.68 Å². The molecule has 3 aromatic rings. The molecule has 1 amide bonds. The number of hydrogen-bond donors (Lipinski definition) is 1. The monoisotopic (exact) mass is 394 g/mol. The molecule has 7 heteroatoms. The molecule has 0 aliphatic carbocycles. The predicted octanol–water partition coefficient (Wildman–Crippen LogP) is 2.85. The molecule has 0 fully saturated rings. The van der Waals surface area contributed by atoms with Crippen molar-refractivity contribution in [3.63, 3.8) is 0 Å². The van der Waals surface area contributed by atoms with E-state index in [1.165, 1.54) is 0 Å². The summed E-state index contributed by atoms with van der Waals surface area (Å²) in [5.41, 5.74) is 2.68. The molecule has 1 heterocycles. The summed E-state index contributed by atoms with van der Waals surface area (Å²) in [7, 11) is 6.84. The first-order valence-corrected chi connectivity index (χ1v) is 9.36. The lowest BCUT2D eigenvalue weighted by Crippen LogP contribution is -2.32. The molecule has 152 valence electrons. The second-order valence-corrected chi connectivity index (χ2v) is 6.57. The molecule has 2 aromatic carbocycles. The number of likely N-dealkylation sites (N-methyl/N-ethyl adjacent to an activating group) is 2. The number of nitrogens with one attached hydrogen (secondary N) is 1. The van der Waals surface area contributed by atoms with Crippen LogP contribution in [0.3, 0.4) is 0 Å². The standard InChI is InChI=1S/C22H26N4O3/c1-23-12-13-25(2)22(27)19-15-26(16-8-6-5-7-9-16)24-21(19)18-11-10-17(28-3)14-20(18)29-4/h5-11,14-15,23H,12-13H2,1-4H3. The predicted molar refractivity (Wildman–Crippen MR) is 113 cm³/mol. The van der Waals surface area contributed by atoms with Crippen LogP contribution in [0.2, 0.25) is 0 Å². The SMILES string of the molecule is CNCCN(C)C(=O)c1cn(-c2ccccc2)nc1-c1ccc(OC)cc1OC. The molecule has 29 heavy (non-hydrogen) atoms. The van der Waals surface area contributed by atoms with Crippen molar-refractivity contribution < 1.29 is 14.3 Å². The molecule has 1 aromatic heterocycles. The van der Waals surface area contributed by atoms with Gasteiger partial charge in [0.05, 0.1) is 25.5 Å². The van der Waals surface area contributed by atoms with Gasteiger partial charge in [0.1, 0.15) is 17.2 Å². The molecule has 0 atom stereocenters. The Morgan fingerprint density at radius 2 is 1.90 bits per heavy atom. The molecule has 0 radical (unpaired) electrons. The first kappa shape index (κ1) is 20.4. The number of hydrogen-bond acceptors (Lipinski definition) is 5. The Labute approximate surface area is 170 Å². The summed E-state index contributed by atoms with van der Waals surface area (Å²) >= 11 is 0. The Morgan fingerprint density at radius 1 is 1.14 bits per heavy atom. The minimum atomic E-state index is -0.102. The van der Waals surface area contributed by atoms with Crippen LogP contribution in [0, 0.1) is 0 Å². The van der Waals surface area contributed by atoms with Crippen LogP contribution in [-0.2, 0) is 0 Å². The summed E-state index contributed by atoms with van der Waals surface area (Å²) in [6.07, 6.45) is 1.77. The number of nitrogens with zero attached hydrogens (tertiary/aromatic N) is 3. The lowest BCUT2D eigenvalue weighted by atomic mass is 10.1. The summed E-state index contributed by atoms with van der Waals surface area (Å²) in [5.74, 6) is 1.16. The van der Waals surface area contributed by atoms with Gasteiger partial charge in [-0.3, -0.25) is 4.79 Å². The summed E-state index contributed by atoms with van der Waals surface area (Å²) in [4.78, 5) is 14.9. The van der Waals surface area contributed by atoms with Crippen molar-refractivity contribution in [2.45, 2.75) is 0 Å². The zero-order valence-corrected chi connectivity index (χ0v) is 17.2. The third-order valence-corrected chi connectivity index (χ3v) is 4.67. The highest BCUT2D eigenvalue weighted by Crippen LogP contribution is 2.35. The van der Waals surface area contributed by atoms with Gasteiger partial charge < -0.3 is 19.7 Å². The number of amides is 1. The van der Waals surface area contributed by atoms with Gasteiger partial charge in [-0.1, -0.05) is 18.2 Å². The number of rotatable bonds is 8. The smallest absolute Gasteiger partial charge is 0.257 e. The van der Waals surface area contributed by atoms with E-state index >= 15 is 0 Å². The van der Waals surface area contributed by atoms with Crippen LogP contribution >= 0.6 is 0 Å². The zero-order valence-electron chi connectivity index (χ0n) is 17.2. The molecule has 0 unspecified atom stereocenters. The third-order valence-electron chi connectivity index (χ3n) is 4.67. The highest BCUT2D eigenvalue weighted by Gasteiger charge is 2.23. The van der Waals surface area contributed by atoms with Crippen LogP contribution in [0.1, 0.15) is 10.4 Å². The van der Waals surface area contributed by atoms with Crippen LogP contribution in [0.5, 0.6) is 11.5 Å². The van der Waals surface area contributed by atoms with Crippen molar-refractivity contribution in [2.24, 2.45) is 0 Å². The lowest BCUT2D eigenvalue weighted by Gasteiger charge is -2.17. The molecule has 7 nitrogen and oxygen atoms in total. The van der Waals surface area contributed by atoms with Gasteiger partial charge in [-0.05, 0) is 31.3 Å². The topological polar surface area (TPSA) is 68.6 Å². The van der Waals surface area contributed by atoms with E-state index < -0.39 is 0 Å². The maximum absolute atomic E-state index is 13.2. The molecule has 0 aliphatic rings. The van der Waals surface area contributed by atoms with E-state index in [0.29, 0.717) is 35.8 Å². The van der Waals surface area contributed by atoms with Gasteiger partial charge >= 0.3 is 0 Å². The van der Waals surface area contributed by atoms with Gasteiger partial charge in [-0.15, -0.1) is 0 Å². The minimum absolute atomic E-state index is 0.102. The fourth-order valence-electron chi connectivity index (χ4n) is 3.02. The number of carbonyl (C=O) groups is 1. The molecule has 0 bridgehead atoms. The van der Waals surface area contributed by atoms with Gasteiger partial charge in [-0.2, -0.15) is 5.10 Å². The Kier molecular flexibility index (Phi) is 6.51. The Morgan fingerprint density at radius 3 is 2.55 bits per heavy atom. The summed E-state index contributed by atoms with van der Waals surface area (Å²) < 4.78 is 12.6. The van der Waals surface area contributed by atoms with Crippen molar-refractivity contribution in [2.75, 3.05) is 41.4 Å². The fraction of sp³-hybridized carbons (Fsp3) is 0.273. The van der Waals surface area contributed by atoms with Crippen LogP contribution in [0.25, 0.3) is 16.9 Å². The Balaban J connectivity index is 2.12. The average Bonchev–Trinajstić information content (AvgIpc) is 3.22. The number of ether oxygens (including phenoxy) is 2. The maximum Gasteiger partial charge on any atom is 0.257 e. The average molecular weight is 394 g/mol.